The van der Waals surface area contributed by atoms with E-state index in [-0.39, 0.29) is 21.8 Å². The average Bonchev–Trinajstić information content (AvgIpc) is 2.79. The molecule has 0 saturated heterocycles. The van der Waals surface area contributed by atoms with Crippen molar-refractivity contribution in [1.29, 1.82) is 0 Å². The van der Waals surface area contributed by atoms with Crippen LogP contribution in [0.25, 0.3) is 11.1 Å². The maximum Gasteiger partial charge on any atom is 0.175 e. The van der Waals surface area contributed by atoms with E-state index < -0.39 is 21.5 Å². The van der Waals surface area contributed by atoms with Gasteiger partial charge in [0.15, 0.2) is 27.3 Å². The fourth-order valence-electron chi connectivity index (χ4n) is 3.10. The van der Waals surface area contributed by atoms with E-state index in [2.05, 4.69) is 40.1 Å². The lowest BCUT2D eigenvalue weighted by Crippen LogP contribution is -2.03. The Balaban J connectivity index is 0.000000405. The molecule has 0 unspecified atom stereocenters. The summed E-state index contributed by atoms with van der Waals surface area (Å²) in [4.78, 5) is 12.3. The summed E-state index contributed by atoms with van der Waals surface area (Å²) in [5.74, 6) is -0.930. The van der Waals surface area contributed by atoms with Crippen LogP contribution in [-0.4, -0.2) is 26.3 Å². The second kappa shape index (κ2) is 11.8. The Bertz CT molecular complexity index is 1270. The number of aryl methyl sites for hydroxylation is 1. The zero-order valence-corrected chi connectivity index (χ0v) is 20.4. The number of carbonyl (C=O) groups excluding carboxylic acids is 1. The largest absolute Gasteiger partial charge is 0.294 e. The number of hydrogen-bond acceptors (Lipinski definition) is 3. The van der Waals surface area contributed by atoms with Gasteiger partial charge in [0, 0.05) is 11.8 Å². The van der Waals surface area contributed by atoms with Crippen molar-refractivity contribution in [3.8, 4) is 0 Å². The van der Waals surface area contributed by atoms with Gasteiger partial charge in [0.25, 0.3) is 0 Å². The summed E-state index contributed by atoms with van der Waals surface area (Å²) in [6.07, 6.45) is 2.23. The minimum absolute atomic E-state index is 0.141. The van der Waals surface area contributed by atoms with Crippen molar-refractivity contribution in [1.82, 2.24) is 0 Å². The summed E-state index contributed by atoms with van der Waals surface area (Å²) in [7, 11) is -0.104. The first-order chi connectivity index (χ1) is 15.6. The molecule has 0 heterocycles. The lowest BCUT2D eigenvalue weighted by Gasteiger charge is -2.12. The van der Waals surface area contributed by atoms with Crippen molar-refractivity contribution in [2.75, 3.05) is 6.26 Å². The van der Waals surface area contributed by atoms with Crippen LogP contribution in [0.1, 0.15) is 30.5 Å². The molecule has 0 spiro atoms. The Kier molecular flexibility index (Phi) is 9.39. The van der Waals surface area contributed by atoms with Gasteiger partial charge in [0.05, 0.1) is 4.90 Å². The molecule has 172 valence electrons. The maximum absolute atomic E-state index is 13.6. The molecule has 0 fully saturated rings. The molecule has 33 heavy (non-hydrogen) atoms. The SMILES string of the molecule is CC(=O)/C(=C(\C=P)c1ccc(S(C)(=O)=O)cc1)c1ccc(F)c(F)c1.CCc1ccccc1. The molecule has 3 nitrogen and oxygen atoms in total. The summed E-state index contributed by atoms with van der Waals surface area (Å²) in [6.45, 7) is 3.48. The van der Waals surface area contributed by atoms with Crippen LogP contribution < -0.4 is 0 Å². The van der Waals surface area contributed by atoms with E-state index in [0.717, 1.165) is 24.8 Å². The first-order valence-electron chi connectivity index (χ1n) is 10.1. The van der Waals surface area contributed by atoms with Gasteiger partial charge in [-0.05, 0) is 65.7 Å². The van der Waals surface area contributed by atoms with Gasteiger partial charge in [-0.2, -0.15) is 0 Å². The van der Waals surface area contributed by atoms with Crippen LogP contribution in [0.15, 0.2) is 77.7 Å². The van der Waals surface area contributed by atoms with E-state index in [1.165, 1.54) is 36.5 Å². The highest BCUT2D eigenvalue weighted by Gasteiger charge is 2.17. The molecule has 0 radical (unpaired) electrons. The standard InChI is InChI=1S/C18H15F2O3PS.C8H10/c1-11(21)18(13-5-8-16(19)17(20)9-13)15(10-24)12-3-6-14(7-4-12)25(2,22)23;1-2-8-6-4-3-5-7-8/h3-10,24H,1-2H3;3-7H,2H2,1H3/b18-15-;. The molecular weight excluding hydrogens is 461 g/mol. The minimum atomic E-state index is -3.35. The van der Waals surface area contributed by atoms with Gasteiger partial charge < -0.3 is 0 Å². The number of carbonyl (C=O) groups is 1. The van der Waals surface area contributed by atoms with E-state index in [9.17, 15) is 22.0 Å². The van der Waals surface area contributed by atoms with Crippen LogP contribution in [0.4, 0.5) is 8.78 Å². The van der Waals surface area contributed by atoms with Gasteiger partial charge in [-0.15, -0.1) is 8.86 Å². The van der Waals surface area contributed by atoms with E-state index in [1.807, 2.05) is 6.07 Å². The Morgan fingerprint density at radius 1 is 0.909 bits per heavy atom. The molecule has 0 atom stereocenters. The molecular formula is C26H25F2O3PS. The van der Waals surface area contributed by atoms with Gasteiger partial charge in [0.2, 0.25) is 0 Å². The number of ketones is 1. The summed E-state index contributed by atoms with van der Waals surface area (Å²) < 4.78 is 49.8. The average molecular weight is 487 g/mol. The third kappa shape index (κ3) is 7.28. The van der Waals surface area contributed by atoms with Crippen molar-refractivity contribution in [2.45, 2.75) is 25.2 Å². The maximum atomic E-state index is 13.6. The zero-order chi connectivity index (χ0) is 24.6. The molecule has 7 heteroatoms. The van der Waals surface area contributed by atoms with E-state index in [0.29, 0.717) is 11.1 Å². The van der Waals surface area contributed by atoms with E-state index in [4.69, 9.17) is 0 Å². The van der Waals surface area contributed by atoms with Crippen molar-refractivity contribution < 1.29 is 22.0 Å². The second-order valence-corrected chi connectivity index (χ2v) is 9.56. The van der Waals surface area contributed by atoms with Crippen LogP contribution in [-0.2, 0) is 21.1 Å². The fraction of sp³-hybridized carbons (Fsp3) is 0.154. The summed E-state index contributed by atoms with van der Waals surface area (Å²) in [5, 5.41) is 0. The zero-order valence-electron chi connectivity index (χ0n) is 18.6. The van der Waals surface area contributed by atoms with Gasteiger partial charge >= 0.3 is 0 Å². The number of allylic oxidation sites excluding steroid dienone is 2. The van der Waals surface area contributed by atoms with Gasteiger partial charge in [-0.1, -0.05) is 55.5 Å². The van der Waals surface area contributed by atoms with Gasteiger partial charge in [0.1, 0.15) is 0 Å². The van der Waals surface area contributed by atoms with Crippen molar-refractivity contribution >= 4 is 41.4 Å². The first kappa shape index (κ1) is 26.3. The number of sulfone groups is 1. The molecule has 3 aromatic carbocycles. The minimum Gasteiger partial charge on any atom is -0.294 e. The monoisotopic (exact) mass is 486 g/mol. The quantitative estimate of drug-likeness (QED) is 0.242. The highest BCUT2D eigenvalue weighted by atomic mass is 32.2. The topological polar surface area (TPSA) is 51.2 Å². The summed E-state index contributed by atoms with van der Waals surface area (Å²) in [5.41, 5.74) is 2.80. The van der Waals surface area contributed by atoms with Crippen LogP contribution in [0.2, 0.25) is 0 Å². The number of halogens is 2. The number of benzene rings is 3. The fourth-order valence-corrected chi connectivity index (χ4v) is 4.04. The van der Waals surface area contributed by atoms with Gasteiger partial charge in [-0.25, -0.2) is 17.2 Å². The smallest absolute Gasteiger partial charge is 0.175 e. The van der Waals surface area contributed by atoms with Gasteiger partial charge in [-0.3, -0.25) is 4.79 Å². The van der Waals surface area contributed by atoms with Crippen molar-refractivity contribution in [3.05, 3.63) is 101 Å². The Hall–Kier alpha value is -2.95. The Morgan fingerprint density at radius 3 is 1.91 bits per heavy atom. The third-order valence-corrected chi connectivity index (χ3v) is 6.24. The molecule has 3 aromatic rings. The Labute approximate surface area is 195 Å². The van der Waals surface area contributed by atoms with Crippen LogP contribution in [0.3, 0.4) is 0 Å². The van der Waals surface area contributed by atoms with Crippen molar-refractivity contribution in [2.24, 2.45) is 0 Å². The summed E-state index contributed by atoms with van der Waals surface area (Å²) >= 11 is 0. The second-order valence-electron chi connectivity index (χ2n) is 7.25. The molecule has 0 aromatic heterocycles. The predicted octanol–water partition coefficient (Wildman–Crippen LogP) is 6.06. The molecule has 0 aliphatic rings. The molecule has 0 amide bonds. The van der Waals surface area contributed by atoms with Crippen LogP contribution in [0, 0.1) is 11.6 Å². The van der Waals surface area contributed by atoms with Crippen LogP contribution >= 0.6 is 8.86 Å². The van der Waals surface area contributed by atoms with Crippen molar-refractivity contribution in [3.63, 3.8) is 0 Å². The highest BCUT2D eigenvalue weighted by molar-refractivity contribution is 7.90. The normalized spacial score (nSPS) is 11.7. The molecule has 0 N–H and O–H groups in total. The lowest BCUT2D eigenvalue weighted by molar-refractivity contribution is -0.111. The van der Waals surface area contributed by atoms with Crippen LogP contribution in [0.5, 0.6) is 0 Å². The first-order valence-corrected chi connectivity index (χ1v) is 12.6. The highest BCUT2D eigenvalue weighted by Crippen LogP contribution is 2.28. The number of hydrogen-bond donors (Lipinski definition) is 0. The third-order valence-electron chi connectivity index (χ3n) is 4.82. The summed E-state index contributed by atoms with van der Waals surface area (Å²) in [6, 6.07) is 19.6. The van der Waals surface area contributed by atoms with E-state index >= 15 is 0 Å². The predicted molar refractivity (Wildman–Crippen MR) is 134 cm³/mol. The molecule has 0 bridgehead atoms. The van der Waals surface area contributed by atoms with E-state index in [1.54, 1.807) is 12.1 Å². The molecule has 0 aliphatic heterocycles. The molecule has 0 aliphatic carbocycles. The lowest BCUT2D eigenvalue weighted by atomic mass is 9.93. The molecule has 0 saturated carbocycles. The molecule has 3 rings (SSSR count). The Morgan fingerprint density at radius 2 is 1.48 bits per heavy atom. The number of rotatable bonds is 6. The number of Topliss-reactive ketones (excluding diaryl/α,β-unsaturated/α-hetero) is 1.